The molecule has 1 fully saturated rings. The van der Waals surface area contributed by atoms with Crippen LogP contribution in [0.2, 0.25) is 0 Å². The number of nitrogens with one attached hydrogen (secondary N) is 1. The van der Waals surface area contributed by atoms with Gasteiger partial charge in [0.2, 0.25) is 5.91 Å². The number of likely N-dealkylation sites (N-methyl/N-ethyl adjacent to an activating group) is 1. The Balaban J connectivity index is 1.55. The van der Waals surface area contributed by atoms with Gasteiger partial charge in [0, 0.05) is 26.2 Å². The van der Waals surface area contributed by atoms with Crippen LogP contribution >= 0.6 is 0 Å². The zero-order chi connectivity index (χ0) is 22.9. The molecule has 0 radical (unpaired) electrons. The standard InChI is InChI=1S/C23H29N5O4/c1-4-28-21(30)19-18(20(29)26-11-5-6-12-26)25-15-27(19)14-23(28,2)22(31)24-13-16-7-9-17(32-3)10-8-16/h7-10,15H,4-6,11-14H2,1-3H3,(H,24,31)/t23-/m0/s1. The predicted molar refractivity (Wildman–Crippen MR) is 117 cm³/mol. The van der Waals surface area contributed by atoms with Crippen molar-refractivity contribution in [2.24, 2.45) is 0 Å². The fraction of sp³-hybridized carbons (Fsp3) is 0.478. The molecule has 2 aliphatic rings. The minimum Gasteiger partial charge on any atom is -0.497 e. The van der Waals surface area contributed by atoms with Crippen LogP contribution in [0.1, 0.15) is 53.2 Å². The Kier molecular flexibility index (Phi) is 5.90. The second-order valence-electron chi connectivity index (χ2n) is 8.42. The third kappa shape index (κ3) is 3.72. The number of ether oxygens (including phenoxy) is 1. The van der Waals surface area contributed by atoms with Gasteiger partial charge in [0.25, 0.3) is 11.8 Å². The summed E-state index contributed by atoms with van der Waals surface area (Å²) in [5.41, 5.74) is 0.273. The number of carbonyl (C=O) groups is 3. The maximum absolute atomic E-state index is 13.4. The molecule has 1 atom stereocenters. The number of rotatable bonds is 6. The van der Waals surface area contributed by atoms with Crippen molar-refractivity contribution in [3.8, 4) is 5.75 Å². The highest BCUT2D eigenvalue weighted by molar-refractivity contribution is 6.07. The molecule has 1 aromatic heterocycles. The van der Waals surface area contributed by atoms with Gasteiger partial charge in [-0.1, -0.05) is 12.1 Å². The van der Waals surface area contributed by atoms with E-state index in [-0.39, 0.29) is 35.7 Å². The van der Waals surface area contributed by atoms with Crippen molar-refractivity contribution in [2.75, 3.05) is 26.7 Å². The average Bonchev–Trinajstić information content (AvgIpc) is 3.48. The minimum absolute atomic E-state index is 0.177. The molecule has 0 saturated carbocycles. The fourth-order valence-electron chi connectivity index (χ4n) is 4.52. The van der Waals surface area contributed by atoms with E-state index in [2.05, 4.69) is 10.3 Å². The molecular formula is C23H29N5O4. The second kappa shape index (κ2) is 8.64. The first-order valence-corrected chi connectivity index (χ1v) is 11.0. The summed E-state index contributed by atoms with van der Waals surface area (Å²) < 4.78 is 6.81. The monoisotopic (exact) mass is 439 g/mol. The van der Waals surface area contributed by atoms with E-state index in [0.29, 0.717) is 26.2 Å². The van der Waals surface area contributed by atoms with Gasteiger partial charge in [-0.25, -0.2) is 4.98 Å². The summed E-state index contributed by atoms with van der Waals surface area (Å²) in [4.78, 5) is 47.1. The smallest absolute Gasteiger partial charge is 0.274 e. The van der Waals surface area contributed by atoms with Crippen LogP contribution in [0.5, 0.6) is 5.75 Å². The number of fused-ring (bicyclic) bond motifs is 1. The summed E-state index contributed by atoms with van der Waals surface area (Å²) in [5, 5.41) is 2.95. The van der Waals surface area contributed by atoms with E-state index in [1.165, 1.54) is 11.2 Å². The zero-order valence-electron chi connectivity index (χ0n) is 18.8. The number of nitrogens with zero attached hydrogens (tertiary/aromatic N) is 4. The molecule has 0 spiro atoms. The van der Waals surface area contributed by atoms with Crippen molar-refractivity contribution in [1.29, 1.82) is 0 Å². The molecule has 32 heavy (non-hydrogen) atoms. The quantitative estimate of drug-likeness (QED) is 0.739. The Morgan fingerprint density at radius 2 is 1.88 bits per heavy atom. The van der Waals surface area contributed by atoms with E-state index in [1.807, 2.05) is 31.2 Å². The number of amides is 3. The Labute approximate surface area is 187 Å². The van der Waals surface area contributed by atoms with Gasteiger partial charge in [-0.15, -0.1) is 0 Å². The van der Waals surface area contributed by atoms with Crippen molar-refractivity contribution in [2.45, 2.75) is 45.3 Å². The third-order valence-corrected chi connectivity index (χ3v) is 6.37. The summed E-state index contributed by atoms with van der Waals surface area (Å²) in [6, 6.07) is 7.44. The SMILES string of the molecule is CCN1C(=O)c2c(C(=O)N3CCCC3)ncn2C[C@@]1(C)C(=O)NCc1ccc(OC)cc1. The van der Waals surface area contributed by atoms with Gasteiger partial charge < -0.3 is 24.4 Å². The van der Waals surface area contributed by atoms with Gasteiger partial charge in [0.1, 0.15) is 17.0 Å². The Hall–Kier alpha value is -3.36. The zero-order valence-corrected chi connectivity index (χ0v) is 18.8. The summed E-state index contributed by atoms with van der Waals surface area (Å²) in [5.74, 6) is -0.0709. The molecule has 0 unspecified atom stereocenters. The number of likely N-dealkylation sites (tertiary alicyclic amines) is 1. The molecular weight excluding hydrogens is 410 g/mol. The molecule has 170 valence electrons. The first kappa shape index (κ1) is 21.9. The van der Waals surface area contributed by atoms with Gasteiger partial charge in [0.15, 0.2) is 5.69 Å². The molecule has 9 heteroatoms. The average molecular weight is 440 g/mol. The van der Waals surface area contributed by atoms with E-state index >= 15 is 0 Å². The van der Waals surface area contributed by atoms with Crippen LogP contribution in [-0.4, -0.2) is 69.4 Å². The molecule has 1 saturated heterocycles. The van der Waals surface area contributed by atoms with Crippen molar-refractivity contribution < 1.29 is 19.1 Å². The van der Waals surface area contributed by atoms with Gasteiger partial charge in [-0.3, -0.25) is 14.4 Å². The summed E-state index contributed by atoms with van der Waals surface area (Å²) >= 11 is 0. The number of hydrogen-bond donors (Lipinski definition) is 1. The van der Waals surface area contributed by atoms with Gasteiger partial charge in [-0.2, -0.15) is 0 Å². The van der Waals surface area contributed by atoms with Crippen molar-refractivity contribution in [3.63, 3.8) is 0 Å². The van der Waals surface area contributed by atoms with Gasteiger partial charge >= 0.3 is 0 Å². The number of methoxy groups -OCH3 is 1. The lowest BCUT2D eigenvalue weighted by Gasteiger charge is -2.43. The van der Waals surface area contributed by atoms with Crippen LogP contribution in [-0.2, 0) is 17.9 Å². The molecule has 9 nitrogen and oxygen atoms in total. The van der Waals surface area contributed by atoms with Crippen molar-refractivity contribution in [3.05, 3.63) is 47.5 Å². The number of hydrogen-bond acceptors (Lipinski definition) is 5. The van der Waals surface area contributed by atoms with E-state index in [1.54, 1.807) is 23.5 Å². The molecule has 0 aliphatic carbocycles. The Bertz CT molecular complexity index is 1030. The van der Waals surface area contributed by atoms with Crippen LogP contribution < -0.4 is 10.1 Å². The van der Waals surface area contributed by atoms with Crippen LogP contribution in [0, 0.1) is 0 Å². The van der Waals surface area contributed by atoms with Crippen molar-refractivity contribution in [1.82, 2.24) is 24.7 Å². The molecule has 2 aliphatic heterocycles. The molecule has 1 N–H and O–H groups in total. The highest BCUT2D eigenvalue weighted by Crippen LogP contribution is 2.29. The molecule has 0 bridgehead atoms. The van der Waals surface area contributed by atoms with E-state index in [9.17, 15) is 14.4 Å². The van der Waals surface area contributed by atoms with E-state index < -0.39 is 5.54 Å². The Morgan fingerprint density at radius 3 is 2.50 bits per heavy atom. The number of benzene rings is 1. The summed E-state index contributed by atoms with van der Waals surface area (Å²) in [6.45, 7) is 5.86. The molecule has 3 amide bonds. The fourth-order valence-corrected chi connectivity index (χ4v) is 4.52. The lowest BCUT2D eigenvalue weighted by molar-refractivity contribution is -0.132. The Morgan fingerprint density at radius 1 is 1.19 bits per heavy atom. The van der Waals surface area contributed by atoms with Crippen LogP contribution in [0.4, 0.5) is 0 Å². The summed E-state index contributed by atoms with van der Waals surface area (Å²) in [7, 11) is 1.60. The van der Waals surface area contributed by atoms with Crippen LogP contribution in [0.3, 0.4) is 0 Å². The number of imidazole rings is 1. The van der Waals surface area contributed by atoms with Gasteiger partial charge in [-0.05, 0) is 44.4 Å². The van der Waals surface area contributed by atoms with Crippen LogP contribution in [0.25, 0.3) is 0 Å². The maximum atomic E-state index is 13.4. The maximum Gasteiger partial charge on any atom is 0.274 e. The summed E-state index contributed by atoms with van der Waals surface area (Å²) in [6.07, 6.45) is 3.42. The normalized spacial score (nSPS) is 20.3. The highest BCUT2D eigenvalue weighted by Gasteiger charge is 2.48. The molecule has 4 rings (SSSR count). The largest absolute Gasteiger partial charge is 0.497 e. The molecule has 1 aromatic carbocycles. The second-order valence-corrected chi connectivity index (χ2v) is 8.42. The highest BCUT2D eigenvalue weighted by atomic mass is 16.5. The third-order valence-electron chi connectivity index (χ3n) is 6.37. The number of carbonyl (C=O) groups excluding carboxylic acids is 3. The minimum atomic E-state index is -1.10. The molecule has 2 aromatic rings. The van der Waals surface area contributed by atoms with Crippen molar-refractivity contribution >= 4 is 17.7 Å². The van der Waals surface area contributed by atoms with E-state index in [0.717, 1.165) is 24.2 Å². The van der Waals surface area contributed by atoms with E-state index in [4.69, 9.17) is 4.74 Å². The lowest BCUT2D eigenvalue weighted by atomic mass is 9.94. The molecule has 3 heterocycles. The topological polar surface area (TPSA) is 96.8 Å². The van der Waals surface area contributed by atoms with Crippen LogP contribution in [0.15, 0.2) is 30.6 Å². The lowest BCUT2D eigenvalue weighted by Crippen LogP contribution is -2.63. The van der Waals surface area contributed by atoms with Gasteiger partial charge in [0.05, 0.1) is 20.0 Å². The first-order chi connectivity index (χ1) is 15.4. The predicted octanol–water partition coefficient (Wildman–Crippen LogP) is 1.68. The first-order valence-electron chi connectivity index (χ1n) is 11.0. The number of aromatic nitrogens is 2.